The molecule has 1 heterocycles. The number of rotatable bonds is 3. The van der Waals surface area contributed by atoms with Crippen LogP contribution in [0, 0.1) is 5.92 Å². The van der Waals surface area contributed by atoms with Gasteiger partial charge in [-0.1, -0.05) is 17.7 Å². The number of anilines is 2. The van der Waals surface area contributed by atoms with E-state index in [1.54, 1.807) is 24.3 Å². The smallest absolute Gasteiger partial charge is 0.255 e. The van der Waals surface area contributed by atoms with E-state index in [2.05, 4.69) is 5.32 Å². The molecule has 2 aliphatic rings. The van der Waals surface area contributed by atoms with Gasteiger partial charge in [0.05, 0.1) is 0 Å². The average Bonchev–Trinajstić information content (AvgIpc) is 3.46. The Morgan fingerprint density at radius 1 is 1.08 bits per heavy atom. The molecule has 2 aromatic carbocycles. The first-order chi connectivity index (χ1) is 12.1. The maximum absolute atomic E-state index is 12.5. The lowest BCUT2D eigenvalue weighted by molar-refractivity contribution is -0.119. The monoisotopic (exact) mass is 354 g/mol. The predicted octanol–water partition coefficient (Wildman–Crippen LogP) is 4.28. The topological polar surface area (TPSA) is 49.4 Å². The molecule has 0 saturated heterocycles. The first-order valence-corrected chi connectivity index (χ1v) is 9.01. The number of fused-ring (bicyclic) bond motifs is 1. The van der Waals surface area contributed by atoms with Crippen LogP contribution in [0.5, 0.6) is 0 Å². The van der Waals surface area contributed by atoms with Gasteiger partial charge < -0.3 is 10.2 Å². The molecule has 0 aromatic heterocycles. The molecule has 4 nitrogen and oxygen atoms in total. The minimum atomic E-state index is -0.188. The Bertz CT molecular complexity index is 828. The van der Waals surface area contributed by atoms with Gasteiger partial charge in [0.25, 0.3) is 5.91 Å². The zero-order valence-corrected chi connectivity index (χ0v) is 14.6. The quantitative estimate of drug-likeness (QED) is 0.894. The molecule has 5 heteroatoms. The molecule has 1 saturated carbocycles. The molecule has 128 valence electrons. The maximum Gasteiger partial charge on any atom is 0.255 e. The largest absolute Gasteiger partial charge is 0.322 e. The first-order valence-electron chi connectivity index (χ1n) is 8.63. The summed E-state index contributed by atoms with van der Waals surface area (Å²) in [5.74, 6) is 0.230. The molecular weight excluding hydrogens is 336 g/mol. The SMILES string of the molecule is O=C(Nc1ccc2c(c1)N(C(=O)C1CC1)CCC2)c1ccc(Cl)cc1. The van der Waals surface area contributed by atoms with Crippen molar-refractivity contribution < 1.29 is 9.59 Å². The number of halogens is 1. The Labute approximate surface area is 151 Å². The van der Waals surface area contributed by atoms with Crippen LogP contribution in [-0.4, -0.2) is 18.4 Å². The number of hydrogen-bond acceptors (Lipinski definition) is 2. The molecular formula is C20H19ClN2O2. The van der Waals surface area contributed by atoms with Gasteiger partial charge in [0.15, 0.2) is 0 Å². The zero-order valence-electron chi connectivity index (χ0n) is 13.8. The fourth-order valence-electron chi connectivity index (χ4n) is 3.24. The summed E-state index contributed by atoms with van der Waals surface area (Å²) in [7, 11) is 0. The van der Waals surface area contributed by atoms with Crippen LogP contribution in [0.25, 0.3) is 0 Å². The summed E-state index contributed by atoms with van der Waals surface area (Å²) in [5.41, 5.74) is 3.36. The number of nitrogens with one attached hydrogen (secondary N) is 1. The van der Waals surface area contributed by atoms with Gasteiger partial charge in [-0.05, 0) is 67.6 Å². The zero-order chi connectivity index (χ0) is 17.4. The number of amides is 2. The third-order valence-electron chi connectivity index (χ3n) is 4.76. The highest BCUT2D eigenvalue weighted by molar-refractivity contribution is 6.30. The minimum absolute atomic E-state index is 0.188. The second-order valence-electron chi connectivity index (χ2n) is 6.67. The number of benzene rings is 2. The lowest BCUT2D eigenvalue weighted by Crippen LogP contribution is -2.36. The molecule has 4 rings (SSSR count). The lowest BCUT2D eigenvalue weighted by atomic mass is 10.0. The first kappa shape index (κ1) is 16.2. The van der Waals surface area contributed by atoms with Crippen molar-refractivity contribution in [2.24, 2.45) is 5.92 Å². The van der Waals surface area contributed by atoms with Crippen LogP contribution in [0.1, 0.15) is 35.2 Å². The summed E-state index contributed by atoms with van der Waals surface area (Å²) in [6.45, 7) is 0.761. The molecule has 0 atom stereocenters. The number of nitrogens with zero attached hydrogens (tertiary/aromatic N) is 1. The molecule has 0 bridgehead atoms. The van der Waals surface area contributed by atoms with Crippen molar-refractivity contribution in [2.45, 2.75) is 25.7 Å². The third-order valence-corrected chi connectivity index (χ3v) is 5.01. The summed E-state index contributed by atoms with van der Waals surface area (Å²) < 4.78 is 0. The van der Waals surface area contributed by atoms with Gasteiger partial charge in [-0.15, -0.1) is 0 Å². The van der Waals surface area contributed by atoms with Gasteiger partial charge in [0.1, 0.15) is 0 Å². The molecule has 1 fully saturated rings. The molecule has 0 radical (unpaired) electrons. The second kappa shape index (κ2) is 6.52. The van der Waals surface area contributed by atoms with E-state index in [4.69, 9.17) is 11.6 Å². The van der Waals surface area contributed by atoms with E-state index in [9.17, 15) is 9.59 Å². The maximum atomic E-state index is 12.5. The van der Waals surface area contributed by atoms with Crippen molar-refractivity contribution in [1.29, 1.82) is 0 Å². The van der Waals surface area contributed by atoms with E-state index in [0.717, 1.165) is 37.9 Å². The van der Waals surface area contributed by atoms with Gasteiger partial charge in [0.2, 0.25) is 5.91 Å². The number of carbonyl (C=O) groups excluding carboxylic acids is 2. The van der Waals surface area contributed by atoms with Gasteiger partial charge in [-0.25, -0.2) is 0 Å². The molecule has 1 aliphatic carbocycles. The van der Waals surface area contributed by atoms with E-state index < -0.39 is 0 Å². The molecule has 0 unspecified atom stereocenters. The van der Waals surface area contributed by atoms with Crippen LogP contribution in [-0.2, 0) is 11.2 Å². The Morgan fingerprint density at radius 3 is 2.56 bits per heavy atom. The van der Waals surface area contributed by atoms with Crippen molar-refractivity contribution >= 4 is 34.8 Å². The summed E-state index contributed by atoms with van der Waals surface area (Å²) in [6, 6.07) is 12.6. The van der Waals surface area contributed by atoms with Crippen molar-refractivity contribution in [3.8, 4) is 0 Å². The summed E-state index contributed by atoms with van der Waals surface area (Å²) >= 11 is 5.86. The molecule has 2 amide bonds. The number of carbonyl (C=O) groups is 2. The van der Waals surface area contributed by atoms with Crippen LogP contribution in [0.15, 0.2) is 42.5 Å². The minimum Gasteiger partial charge on any atom is -0.322 e. The molecule has 1 aliphatic heterocycles. The second-order valence-corrected chi connectivity index (χ2v) is 7.11. The normalized spacial score (nSPS) is 16.3. The van der Waals surface area contributed by atoms with Gasteiger partial charge in [0, 0.05) is 34.4 Å². The molecule has 25 heavy (non-hydrogen) atoms. The van der Waals surface area contributed by atoms with Crippen LogP contribution in [0.4, 0.5) is 11.4 Å². The van der Waals surface area contributed by atoms with Crippen molar-refractivity contribution in [2.75, 3.05) is 16.8 Å². The molecule has 2 aromatic rings. The van der Waals surface area contributed by atoms with E-state index in [-0.39, 0.29) is 17.7 Å². The predicted molar refractivity (Wildman–Crippen MR) is 99.2 cm³/mol. The summed E-state index contributed by atoms with van der Waals surface area (Å²) in [5, 5.41) is 3.51. The average molecular weight is 355 g/mol. The number of aryl methyl sites for hydroxylation is 1. The van der Waals surface area contributed by atoms with Gasteiger partial charge >= 0.3 is 0 Å². The molecule has 0 spiro atoms. The molecule has 1 N–H and O–H groups in total. The van der Waals surface area contributed by atoms with Crippen LogP contribution < -0.4 is 10.2 Å². The van der Waals surface area contributed by atoms with E-state index in [0.29, 0.717) is 16.3 Å². The van der Waals surface area contributed by atoms with Crippen molar-refractivity contribution in [3.05, 3.63) is 58.6 Å². The van der Waals surface area contributed by atoms with Gasteiger partial charge in [-0.2, -0.15) is 0 Å². The fourth-order valence-corrected chi connectivity index (χ4v) is 3.36. The Morgan fingerprint density at radius 2 is 1.84 bits per heavy atom. The third kappa shape index (κ3) is 3.40. The van der Waals surface area contributed by atoms with Gasteiger partial charge in [-0.3, -0.25) is 9.59 Å². The van der Waals surface area contributed by atoms with Crippen molar-refractivity contribution in [3.63, 3.8) is 0 Å². The Balaban J connectivity index is 1.57. The van der Waals surface area contributed by atoms with Crippen molar-refractivity contribution in [1.82, 2.24) is 0 Å². The highest BCUT2D eigenvalue weighted by atomic mass is 35.5. The Hall–Kier alpha value is -2.33. The van der Waals surface area contributed by atoms with E-state index >= 15 is 0 Å². The Kier molecular flexibility index (Phi) is 4.22. The number of hydrogen-bond donors (Lipinski definition) is 1. The van der Waals surface area contributed by atoms with E-state index in [1.165, 1.54) is 5.56 Å². The standard InChI is InChI=1S/C20H19ClN2O2/c21-16-8-5-14(6-9-16)19(24)22-17-10-7-13-2-1-11-23(18(13)12-17)20(25)15-3-4-15/h5-10,12,15H,1-4,11H2,(H,22,24). The fraction of sp³-hybridized carbons (Fsp3) is 0.300. The van der Waals surface area contributed by atoms with E-state index in [1.807, 2.05) is 23.1 Å². The van der Waals surface area contributed by atoms with Crippen LogP contribution in [0.3, 0.4) is 0 Å². The summed E-state index contributed by atoms with van der Waals surface area (Å²) in [6.07, 6.45) is 3.95. The van der Waals surface area contributed by atoms with Crippen LogP contribution in [0.2, 0.25) is 5.02 Å². The highest BCUT2D eigenvalue weighted by Gasteiger charge is 2.35. The van der Waals surface area contributed by atoms with Crippen LogP contribution >= 0.6 is 11.6 Å². The highest BCUT2D eigenvalue weighted by Crippen LogP contribution is 2.37. The summed E-state index contributed by atoms with van der Waals surface area (Å²) in [4.78, 5) is 26.8. The lowest BCUT2D eigenvalue weighted by Gasteiger charge is -2.30.